The van der Waals surface area contributed by atoms with Gasteiger partial charge in [-0.3, -0.25) is 0 Å². The fourth-order valence-corrected chi connectivity index (χ4v) is 3.68. The maximum absolute atomic E-state index is 6.66. The van der Waals surface area contributed by atoms with Crippen molar-refractivity contribution in [2.24, 2.45) is 5.41 Å². The highest BCUT2D eigenvalue weighted by molar-refractivity contribution is 6.35. The summed E-state index contributed by atoms with van der Waals surface area (Å²) < 4.78 is 0. The highest BCUT2D eigenvalue weighted by Gasteiger charge is 2.36. The van der Waals surface area contributed by atoms with E-state index in [9.17, 15) is 0 Å². The molecule has 0 aromatic heterocycles. The second kappa shape index (κ2) is 5.38. The molecular formula is C14H17Cl3. The number of hydrogen-bond acceptors (Lipinski definition) is 0. The van der Waals surface area contributed by atoms with Gasteiger partial charge in [-0.15, -0.1) is 11.6 Å². The van der Waals surface area contributed by atoms with Crippen LogP contribution in [0, 0.1) is 5.41 Å². The average molecular weight is 292 g/mol. The van der Waals surface area contributed by atoms with E-state index in [1.807, 2.05) is 12.1 Å². The molecule has 94 valence electrons. The first-order chi connectivity index (χ1) is 8.03. The van der Waals surface area contributed by atoms with Gasteiger partial charge in [0.25, 0.3) is 0 Å². The molecule has 17 heavy (non-hydrogen) atoms. The molecule has 3 heteroatoms. The van der Waals surface area contributed by atoms with Crippen molar-refractivity contribution in [2.75, 3.05) is 0 Å². The molecule has 1 aromatic carbocycles. The molecule has 2 rings (SSSR count). The Hall–Kier alpha value is 0.0900. The molecule has 1 atom stereocenters. The predicted molar refractivity (Wildman–Crippen MR) is 76.2 cm³/mol. The number of rotatable bonds is 2. The van der Waals surface area contributed by atoms with Crippen LogP contribution in [0.2, 0.25) is 10.0 Å². The lowest BCUT2D eigenvalue weighted by Gasteiger charge is -2.38. The minimum Gasteiger partial charge on any atom is -0.117 e. The first kappa shape index (κ1) is 13.5. The lowest BCUT2D eigenvalue weighted by atomic mass is 9.71. The van der Waals surface area contributed by atoms with Crippen LogP contribution < -0.4 is 0 Å². The van der Waals surface area contributed by atoms with Crippen molar-refractivity contribution in [3.63, 3.8) is 0 Å². The van der Waals surface area contributed by atoms with Crippen LogP contribution in [0.1, 0.15) is 50.0 Å². The fraction of sp³-hybridized carbons (Fsp3) is 0.571. The Morgan fingerprint density at radius 2 is 1.76 bits per heavy atom. The molecule has 1 saturated carbocycles. The SMILES string of the molecule is CC1(C(Cl)c2ccc(Cl)cc2Cl)CCCCC1. The van der Waals surface area contributed by atoms with Gasteiger partial charge < -0.3 is 0 Å². The van der Waals surface area contributed by atoms with Crippen molar-refractivity contribution >= 4 is 34.8 Å². The molecule has 0 radical (unpaired) electrons. The van der Waals surface area contributed by atoms with Gasteiger partial charge in [0, 0.05) is 10.0 Å². The zero-order valence-electron chi connectivity index (χ0n) is 9.98. The van der Waals surface area contributed by atoms with Gasteiger partial charge in [0.05, 0.1) is 5.38 Å². The molecule has 1 fully saturated rings. The normalized spacial score (nSPS) is 21.2. The quantitative estimate of drug-likeness (QED) is 0.565. The van der Waals surface area contributed by atoms with Gasteiger partial charge in [0.2, 0.25) is 0 Å². The van der Waals surface area contributed by atoms with E-state index in [-0.39, 0.29) is 10.8 Å². The minimum absolute atomic E-state index is 0.0208. The molecule has 0 spiro atoms. The number of alkyl halides is 1. The van der Waals surface area contributed by atoms with E-state index < -0.39 is 0 Å². The van der Waals surface area contributed by atoms with Crippen molar-refractivity contribution in [3.05, 3.63) is 33.8 Å². The first-order valence-electron chi connectivity index (χ1n) is 6.12. The van der Waals surface area contributed by atoms with Crippen LogP contribution in [-0.4, -0.2) is 0 Å². The van der Waals surface area contributed by atoms with E-state index in [0.717, 1.165) is 5.56 Å². The maximum atomic E-state index is 6.66. The van der Waals surface area contributed by atoms with Gasteiger partial charge in [0.15, 0.2) is 0 Å². The van der Waals surface area contributed by atoms with E-state index in [4.69, 9.17) is 34.8 Å². The monoisotopic (exact) mass is 290 g/mol. The largest absolute Gasteiger partial charge is 0.117 e. The number of hydrogen-bond donors (Lipinski definition) is 0. The molecule has 0 aliphatic heterocycles. The van der Waals surface area contributed by atoms with Crippen LogP contribution in [0.3, 0.4) is 0 Å². The van der Waals surface area contributed by atoms with Crippen LogP contribution in [-0.2, 0) is 0 Å². The molecule has 0 bridgehead atoms. The van der Waals surface area contributed by atoms with Crippen LogP contribution in [0.5, 0.6) is 0 Å². The summed E-state index contributed by atoms with van der Waals surface area (Å²) in [5, 5.41) is 1.33. The van der Waals surface area contributed by atoms with Crippen LogP contribution >= 0.6 is 34.8 Å². The smallest absolute Gasteiger partial charge is 0.0653 e. The zero-order chi connectivity index (χ0) is 12.5. The number of benzene rings is 1. The molecule has 0 heterocycles. The Labute approximate surface area is 118 Å². The highest BCUT2D eigenvalue weighted by Crippen LogP contribution is 2.50. The van der Waals surface area contributed by atoms with Crippen molar-refractivity contribution in [1.29, 1.82) is 0 Å². The van der Waals surface area contributed by atoms with Gasteiger partial charge in [-0.25, -0.2) is 0 Å². The summed E-state index contributed by atoms with van der Waals surface area (Å²) in [7, 11) is 0. The third kappa shape index (κ3) is 2.92. The van der Waals surface area contributed by atoms with Crippen molar-refractivity contribution in [1.82, 2.24) is 0 Å². The Bertz CT molecular complexity index is 394. The minimum atomic E-state index is -0.0208. The second-order valence-electron chi connectivity index (χ2n) is 5.24. The Kier molecular flexibility index (Phi) is 4.28. The standard InChI is InChI=1S/C14H17Cl3/c1-14(7-3-2-4-8-14)13(17)11-6-5-10(15)9-12(11)16/h5-6,9,13H,2-4,7-8H2,1H3. The summed E-state index contributed by atoms with van der Waals surface area (Å²) in [5.74, 6) is 0. The van der Waals surface area contributed by atoms with Gasteiger partial charge in [-0.05, 0) is 36.0 Å². The van der Waals surface area contributed by atoms with Crippen molar-refractivity contribution in [2.45, 2.75) is 44.4 Å². The third-order valence-electron chi connectivity index (χ3n) is 3.84. The summed E-state index contributed by atoms with van der Waals surface area (Å²) in [4.78, 5) is 0. The Morgan fingerprint density at radius 3 is 2.35 bits per heavy atom. The van der Waals surface area contributed by atoms with E-state index >= 15 is 0 Å². The molecule has 1 aliphatic rings. The predicted octanol–water partition coefficient (Wildman–Crippen LogP) is 6.24. The molecular weight excluding hydrogens is 275 g/mol. The van der Waals surface area contributed by atoms with Crippen LogP contribution in [0.15, 0.2) is 18.2 Å². The van der Waals surface area contributed by atoms with E-state index in [0.29, 0.717) is 10.0 Å². The van der Waals surface area contributed by atoms with Gasteiger partial charge >= 0.3 is 0 Å². The summed E-state index contributed by atoms with van der Waals surface area (Å²) >= 11 is 18.8. The van der Waals surface area contributed by atoms with Gasteiger partial charge in [-0.2, -0.15) is 0 Å². The van der Waals surface area contributed by atoms with E-state index in [1.54, 1.807) is 6.07 Å². The summed E-state index contributed by atoms with van der Waals surface area (Å²) in [6, 6.07) is 5.60. The zero-order valence-corrected chi connectivity index (χ0v) is 12.2. The molecule has 0 N–H and O–H groups in total. The summed E-state index contributed by atoms with van der Waals surface area (Å²) in [6.45, 7) is 2.27. The first-order valence-corrected chi connectivity index (χ1v) is 7.31. The molecule has 1 aromatic rings. The average Bonchev–Trinajstić information content (AvgIpc) is 2.29. The molecule has 1 aliphatic carbocycles. The second-order valence-corrected chi connectivity index (χ2v) is 6.52. The van der Waals surface area contributed by atoms with Crippen molar-refractivity contribution < 1.29 is 0 Å². The Morgan fingerprint density at radius 1 is 1.12 bits per heavy atom. The summed E-state index contributed by atoms with van der Waals surface area (Å²) in [5.41, 5.74) is 1.18. The topological polar surface area (TPSA) is 0 Å². The van der Waals surface area contributed by atoms with Crippen molar-refractivity contribution in [3.8, 4) is 0 Å². The Balaban J connectivity index is 2.26. The maximum Gasteiger partial charge on any atom is 0.0653 e. The van der Waals surface area contributed by atoms with E-state index in [1.165, 1.54) is 32.1 Å². The fourth-order valence-electron chi connectivity index (χ4n) is 2.70. The van der Waals surface area contributed by atoms with Crippen LogP contribution in [0.25, 0.3) is 0 Å². The van der Waals surface area contributed by atoms with E-state index in [2.05, 4.69) is 6.92 Å². The molecule has 0 saturated heterocycles. The lowest BCUT2D eigenvalue weighted by Crippen LogP contribution is -2.25. The molecule has 1 unspecified atom stereocenters. The summed E-state index contributed by atoms with van der Waals surface area (Å²) in [6.07, 6.45) is 6.23. The number of halogens is 3. The third-order valence-corrected chi connectivity index (χ3v) is 5.17. The van der Waals surface area contributed by atoms with Gasteiger partial charge in [0.1, 0.15) is 0 Å². The lowest BCUT2D eigenvalue weighted by molar-refractivity contribution is 0.206. The molecule has 0 nitrogen and oxygen atoms in total. The van der Waals surface area contributed by atoms with Gasteiger partial charge in [-0.1, -0.05) is 55.5 Å². The van der Waals surface area contributed by atoms with Crippen LogP contribution in [0.4, 0.5) is 0 Å². The molecule has 0 amide bonds. The highest BCUT2D eigenvalue weighted by atomic mass is 35.5.